The van der Waals surface area contributed by atoms with Crippen LogP contribution in [0.25, 0.3) is 0 Å². The summed E-state index contributed by atoms with van der Waals surface area (Å²) in [4.78, 5) is 14.3. The number of hydrogen-bond donors (Lipinski definition) is 0. The van der Waals surface area contributed by atoms with Gasteiger partial charge in [0, 0.05) is 6.54 Å². The normalized spacial score (nSPS) is 13.0. The molecule has 0 aliphatic carbocycles. The molecule has 0 amide bonds. The zero-order valence-corrected chi connectivity index (χ0v) is 13.3. The van der Waals surface area contributed by atoms with Gasteiger partial charge >= 0.3 is 0 Å². The minimum absolute atomic E-state index is 0.0494. The molecule has 1 atom stereocenters. The summed E-state index contributed by atoms with van der Waals surface area (Å²) in [7, 11) is 0. The van der Waals surface area contributed by atoms with Crippen molar-refractivity contribution >= 4 is 40.3 Å². The van der Waals surface area contributed by atoms with Gasteiger partial charge in [-0.1, -0.05) is 50.4 Å². The van der Waals surface area contributed by atoms with Crippen molar-refractivity contribution in [1.82, 2.24) is 4.90 Å². The maximum absolute atomic E-state index is 12.1. The summed E-state index contributed by atoms with van der Waals surface area (Å²) in [6.07, 6.45) is 1.12. The van der Waals surface area contributed by atoms with Crippen molar-refractivity contribution < 1.29 is 4.79 Å². The molecule has 0 spiro atoms. The van der Waals surface area contributed by atoms with Crippen molar-refractivity contribution in [3.63, 3.8) is 0 Å². The second-order valence-electron chi connectivity index (χ2n) is 4.50. The van der Waals surface area contributed by atoms with E-state index in [0.717, 1.165) is 19.5 Å². The van der Waals surface area contributed by atoms with Crippen LogP contribution in [0.4, 0.5) is 0 Å². The highest BCUT2D eigenvalue weighted by Gasteiger charge is 2.17. The Morgan fingerprint density at radius 2 is 2.11 bits per heavy atom. The molecule has 2 nitrogen and oxygen atoms in total. The molecule has 0 fully saturated rings. The number of rotatable bonds is 7. The van der Waals surface area contributed by atoms with Crippen LogP contribution in [-0.4, -0.2) is 30.3 Å². The third-order valence-corrected chi connectivity index (χ3v) is 4.53. The topological polar surface area (TPSA) is 20.3 Å². The number of thiophene rings is 1. The first-order valence-electron chi connectivity index (χ1n) is 6.18. The lowest BCUT2D eigenvalue weighted by atomic mass is 10.1. The Morgan fingerprint density at radius 1 is 1.44 bits per heavy atom. The summed E-state index contributed by atoms with van der Waals surface area (Å²) in [6, 6.07) is 1.66. The number of carbonyl (C=O) groups excluding carboxylic acids is 1. The number of hydrogen-bond acceptors (Lipinski definition) is 3. The predicted molar refractivity (Wildman–Crippen MR) is 80.2 cm³/mol. The summed E-state index contributed by atoms with van der Waals surface area (Å²) in [5.74, 6) is 0.646. The Bertz CT molecular complexity index is 406. The fourth-order valence-corrected chi connectivity index (χ4v) is 3.19. The quantitative estimate of drug-likeness (QED) is 0.686. The molecule has 1 aromatic heterocycles. The lowest BCUT2D eigenvalue weighted by Crippen LogP contribution is -2.33. The third-order valence-electron chi connectivity index (χ3n) is 3.04. The molecule has 0 bridgehead atoms. The molecule has 1 heterocycles. The van der Waals surface area contributed by atoms with E-state index in [1.54, 1.807) is 6.07 Å². The van der Waals surface area contributed by atoms with E-state index in [-0.39, 0.29) is 5.78 Å². The number of ketones is 1. The smallest absolute Gasteiger partial charge is 0.179 e. The van der Waals surface area contributed by atoms with E-state index in [1.165, 1.54) is 11.3 Å². The Hall–Kier alpha value is -0.0900. The summed E-state index contributed by atoms with van der Waals surface area (Å²) < 4.78 is 1.05. The van der Waals surface area contributed by atoms with Crippen LogP contribution in [0, 0.1) is 5.92 Å². The Balaban J connectivity index is 2.65. The Kier molecular flexibility index (Phi) is 6.64. The summed E-state index contributed by atoms with van der Waals surface area (Å²) in [6.45, 7) is 8.64. The molecule has 18 heavy (non-hydrogen) atoms. The first-order chi connectivity index (χ1) is 8.47. The SMILES string of the molecule is CCC(C)CN(CC)CC(=O)c1cc(Cl)sc1Cl. The van der Waals surface area contributed by atoms with Crippen molar-refractivity contribution in [2.75, 3.05) is 19.6 Å². The molecular weight excluding hydrogens is 289 g/mol. The molecule has 0 aliphatic heterocycles. The van der Waals surface area contributed by atoms with Gasteiger partial charge in [-0.2, -0.15) is 0 Å². The van der Waals surface area contributed by atoms with Gasteiger partial charge in [-0.3, -0.25) is 9.69 Å². The van der Waals surface area contributed by atoms with E-state index in [9.17, 15) is 4.79 Å². The largest absolute Gasteiger partial charge is 0.296 e. The van der Waals surface area contributed by atoms with Crippen LogP contribution in [-0.2, 0) is 0 Å². The van der Waals surface area contributed by atoms with Gasteiger partial charge in [0.05, 0.1) is 16.4 Å². The number of nitrogens with zero attached hydrogens (tertiary/aromatic N) is 1. The minimum atomic E-state index is 0.0494. The number of halogens is 2. The summed E-state index contributed by atoms with van der Waals surface area (Å²) in [5.41, 5.74) is 0.550. The van der Waals surface area contributed by atoms with E-state index in [1.807, 2.05) is 0 Å². The van der Waals surface area contributed by atoms with Gasteiger partial charge in [0.2, 0.25) is 0 Å². The van der Waals surface area contributed by atoms with Crippen LogP contribution in [0.5, 0.6) is 0 Å². The van der Waals surface area contributed by atoms with E-state index < -0.39 is 0 Å². The molecule has 1 unspecified atom stereocenters. The Morgan fingerprint density at radius 3 is 2.56 bits per heavy atom. The zero-order chi connectivity index (χ0) is 13.7. The van der Waals surface area contributed by atoms with Crippen molar-refractivity contribution in [3.05, 3.63) is 20.3 Å². The number of likely N-dealkylation sites (N-methyl/N-ethyl adjacent to an activating group) is 1. The second kappa shape index (κ2) is 7.49. The fourth-order valence-electron chi connectivity index (χ4n) is 1.69. The number of Topliss-reactive ketones (excluding diaryl/α,β-unsaturated/α-hetero) is 1. The van der Waals surface area contributed by atoms with Crippen LogP contribution >= 0.6 is 34.5 Å². The van der Waals surface area contributed by atoms with Gasteiger partial charge in [-0.15, -0.1) is 11.3 Å². The molecule has 0 aromatic carbocycles. The molecule has 0 saturated carbocycles. The van der Waals surface area contributed by atoms with E-state index in [4.69, 9.17) is 23.2 Å². The molecule has 5 heteroatoms. The molecule has 1 rings (SSSR count). The van der Waals surface area contributed by atoms with Crippen LogP contribution in [0.3, 0.4) is 0 Å². The standard InChI is InChI=1S/C13H19Cl2NOS/c1-4-9(3)7-16(5-2)8-11(17)10-6-12(14)18-13(10)15/h6,9H,4-5,7-8H2,1-3H3. The maximum Gasteiger partial charge on any atom is 0.179 e. The van der Waals surface area contributed by atoms with Gasteiger partial charge in [0.1, 0.15) is 4.34 Å². The molecule has 0 radical (unpaired) electrons. The second-order valence-corrected chi connectivity index (χ2v) is 6.79. The van der Waals surface area contributed by atoms with Gasteiger partial charge in [-0.25, -0.2) is 0 Å². The average Bonchev–Trinajstić information content (AvgIpc) is 2.67. The van der Waals surface area contributed by atoms with Gasteiger partial charge < -0.3 is 0 Å². The number of carbonyl (C=O) groups is 1. The summed E-state index contributed by atoms with van der Waals surface area (Å²) in [5, 5.41) is 0. The van der Waals surface area contributed by atoms with Crippen LogP contribution in [0.15, 0.2) is 6.07 Å². The van der Waals surface area contributed by atoms with Gasteiger partial charge in [0.25, 0.3) is 0 Å². The Labute approximate surface area is 123 Å². The van der Waals surface area contributed by atoms with Crippen molar-refractivity contribution in [2.45, 2.75) is 27.2 Å². The maximum atomic E-state index is 12.1. The van der Waals surface area contributed by atoms with Crippen molar-refractivity contribution in [2.24, 2.45) is 5.92 Å². The lowest BCUT2D eigenvalue weighted by molar-refractivity contribution is 0.0924. The van der Waals surface area contributed by atoms with E-state index in [2.05, 4.69) is 25.7 Å². The van der Waals surface area contributed by atoms with Crippen LogP contribution in [0.1, 0.15) is 37.6 Å². The highest BCUT2D eigenvalue weighted by molar-refractivity contribution is 7.20. The van der Waals surface area contributed by atoms with E-state index in [0.29, 0.717) is 26.7 Å². The lowest BCUT2D eigenvalue weighted by Gasteiger charge is -2.22. The van der Waals surface area contributed by atoms with E-state index >= 15 is 0 Å². The summed E-state index contributed by atoms with van der Waals surface area (Å²) >= 11 is 13.1. The first kappa shape index (κ1) is 16.0. The van der Waals surface area contributed by atoms with Crippen molar-refractivity contribution in [3.8, 4) is 0 Å². The fraction of sp³-hybridized carbons (Fsp3) is 0.615. The minimum Gasteiger partial charge on any atom is -0.296 e. The molecule has 0 aliphatic rings. The monoisotopic (exact) mass is 307 g/mol. The zero-order valence-electron chi connectivity index (χ0n) is 11.0. The molecule has 0 saturated heterocycles. The average molecular weight is 308 g/mol. The molecule has 102 valence electrons. The van der Waals surface area contributed by atoms with Gasteiger partial charge in [0.15, 0.2) is 5.78 Å². The first-order valence-corrected chi connectivity index (χ1v) is 7.75. The molecular formula is C13H19Cl2NOS. The van der Waals surface area contributed by atoms with Gasteiger partial charge in [-0.05, 0) is 18.5 Å². The van der Waals surface area contributed by atoms with Crippen LogP contribution in [0.2, 0.25) is 8.67 Å². The van der Waals surface area contributed by atoms with Crippen molar-refractivity contribution in [1.29, 1.82) is 0 Å². The highest BCUT2D eigenvalue weighted by atomic mass is 35.5. The highest BCUT2D eigenvalue weighted by Crippen LogP contribution is 2.31. The molecule has 1 aromatic rings. The van der Waals surface area contributed by atoms with Crippen LogP contribution < -0.4 is 0 Å². The third kappa shape index (κ3) is 4.54. The predicted octanol–water partition coefficient (Wildman–Crippen LogP) is 4.61. The molecule has 0 N–H and O–H groups in total.